The van der Waals surface area contributed by atoms with Gasteiger partial charge >= 0.3 is 0 Å². The Morgan fingerprint density at radius 3 is 2.45 bits per heavy atom. The fraction of sp³-hybridized carbons (Fsp3) is 0.222. The Bertz CT molecular complexity index is 680. The maximum atomic E-state index is 12.0. The Morgan fingerprint density at radius 1 is 1.00 bits per heavy atom. The molecule has 2 aromatic carbocycles. The predicted octanol–water partition coefficient (Wildman–Crippen LogP) is 3.50. The molecular weight excluding hydrogens is 276 g/mol. The molecule has 1 amide bonds. The van der Waals surface area contributed by atoms with Crippen LogP contribution in [0.2, 0.25) is 0 Å². The molecule has 0 aliphatic heterocycles. The third-order valence-corrected chi connectivity index (χ3v) is 3.34. The van der Waals surface area contributed by atoms with Crippen molar-refractivity contribution in [2.45, 2.75) is 20.3 Å². The van der Waals surface area contributed by atoms with E-state index in [2.05, 4.69) is 17.6 Å². The molecule has 2 aromatic rings. The lowest BCUT2D eigenvalue weighted by atomic mass is 10.1. The molecular formula is C18H20N2O2. The second kappa shape index (κ2) is 7.41. The molecule has 0 saturated heterocycles. The van der Waals surface area contributed by atoms with Gasteiger partial charge in [-0.15, -0.1) is 0 Å². The van der Waals surface area contributed by atoms with Crippen LogP contribution in [0.3, 0.4) is 0 Å². The molecule has 0 heterocycles. The highest BCUT2D eigenvalue weighted by atomic mass is 16.2. The highest BCUT2D eigenvalue weighted by Crippen LogP contribution is 2.12. The zero-order chi connectivity index (χ0) is 15.9. The van der Waals surface area contributed by atoms with Crippen LogP contribution in [0.25, 0.3) is 0 Å². The minimum atomic E-state index is -0.124. The second-order valence-corrected chi connectivity index (χ2v) is 5.09. The number of hydrogen-bond acceptors (Lipinski definition) is 3. The number of carbonyl (C=O) groups excluding carboxylic acids is 2. The molecule has 0 fully saturated rings. The van der Waals surface area contributed by atoms with Crippen LogP contribution in [0.1, 0.15) is 29.8 Å². The summed E-state index contributed by atoms with van der Waals surface area (Å²) in [4.78, 5) is 23.3. The van der Waals surface area contributed by atoms with Gasteiger partial charge in [0, 0.05) is 16.9 Å². The summed E-state index contributed by atoms with van der Waals surface area (Å²) in [5.74, 6) is -0.119. The number of rotatable bonds is 6. The number of benzene rings is 2. The predicted molar refractivity (Wildman–Crippen MR) is 89.4 cm³/mol. The van der Waals surface area contributed by atoms with Gasteiger partial charge < -0.3 is 10.6 Å². The van der Waals surface area contributed by atoms with Crippen molar-refractivity contribution in [3.05, 3.63) is 59.7 Å². The molecule has 0 spiro atoms. The number of amides is 1. The van der Waals surface area contributed by atoms with Gasteiger partial charge in [-0.2, -0.15) is 0 Å². The number of Topliss-reactive ketones (excluding diaryl/α,β-unsaturated/α-hetero) is 1. The summed E-state index contributed by atoms with van der Waals surface area (Å²) in [6.45, 7) is 3.74. The molecule has 4 nitrogen and oxygen atoms in total. The number of hydrogen-bond donors (Lipinski definition) is 2. The molecule has 0 aliphatic rings. The lowest BCUT2D eigenvalue weighted by molar-refractivity contribution is -0.114. The summed E-state index contributed by atoms with van der Waals surface area (Å²) in [5.41, 5.74) is 3.36. The fourth-order valence-electron chi connectivity index (χ4n) is 2.10. The van der Waals surface area contributed by atoms with Crippen LogP contribution in [0, 0.1) is 0 Å². The molecule has 0 unspecified atom stereocenters. The zero-order valence-electron chi connectivity index (χ0n) is 12.8. The van der Waals surface area contributed by atoms with Gasteiger partial charge in [0.05, 0.1) is 6.54 Å². The van der Waals surface area contributed by atoms with Gasteiger partial charge in [-0.05, 0) is 43.2 Å². The Hall–Kier alpha value is -2.62. The van der Waals surface area contributed by atoms with Crippen LogP contribution in [0.5, 0.6) is 0 Å². The maximum absolute atomic E-state index is 12.0. The number of carbonyl (C=O) groups is 2. The number of anilines is 2. The first-order valence-corrected chi connectivity index (χ1v) is 7.32. The van der Waals surface area contributed by atoms with Crippen LogP contribution >= 0.6 is 0 Å². The molecule has 4 heteroatoms. The number of nitrogens with one attached hydrogen (secondary N) is 2. The van der Waals surface area contributed by atoms with Crippen molar-refractivity contribution < 1.29 is 9.59 Å². The van der Waals surface area contributed by atoms with Gasteiger partial charge in [0.2, 0.25) is 5.91 Å². The van der Waals surface area contributed by atoms with Crippen LogP contribution in [0.4, 0.5) is 11.4 Å². The standard InChI is InChI=1S/C18H20N2O2/c1-3-14-6-4-9-17(10-14)20-18(22)12-19-16-8-5-7-15(11-16)13(2)21/h4-11,19H,3,12H2,1-2H3,(H,20,22). The molecule has 0 aliphatic carbocycles. The molecule has 22 heavy (non-hydrogen) atoms. The van der Waals surface area contributed by atoms with E-state index in [9.17, 15) is 9.59 Å². The monoisotopic (exact) mass is 296 g/mol. The Morgan fingerprint density at radius 2 is 1.73 bits per heavy atom. The van der Waals surface area contributed by atoms with Gasteiger partial charge in [0.25, 0.3) is 0 Å². The van der Waals surface area contributed by atoms with E-state index in [-0.39, 0.29) is 18.2 Å². The molecule has 0 saturated carbocycles. The van der Waals surface area contributed by atoms with E-state index in [0.29, 0.717) is 5.56 Å². The Kier molecular flexibility index (Phi) is 5.31. The van der Waals surface area contributed by atoms with Gasteiger partial charge in [-0.25, -0.2) is 0 Å². The first kappa shape index (κ1) is 15.8. The van der Waals surface area contributed by atoms with Gasteiger partial charge in [0.1, 0.15) is 0 Å². The van der Waals surface area contributed by atoms with E-state index >= 15 is 0 Å². The third-order valence-electron chi connectivity index (χ3n) is 3.34. The van der Waals surface area contributed by atoms with E-state index in [1.54, 1.807) is 18.2 Å². The third kappa shape index (κ3) is 4.45. The zero-order valence-corrected chi connectivity index (χ0v) is 12.8. The summed E-state index contributed by atoms with van der Waals surface area (Å²) in [5, 5.41) is 5.88. The highest BCUT2D eigenvalue weighted by Gasteiger charge is 2.04. The minimum Gasteiger partial charge on any atom is -0.376 e. The van der Waals surface area contributed by atoms with Crippen LogP contribution in [-0.4, -0.2) is 18.2 Å². The van der Waals surface area contributed by atoms with Crippen LogP contribution < -0.4 is 10.6 Å². The van der Waals surface area contributed by atoms with E-state index in [1.165, 1.54) is 12.5 Å². The molecule has 2 rings (SSSR count). The Balaban J connectivity index is 1.92. The lowest BCUT2D eigenvalue weighted by Crippen LogP contribution is -2.21. The van der Waals surface area contributed by atoms with Crippen molar-refractivity contribution >= 4 is 23.1 Å². The molecule has 0 bridgehead atoms. The average Bonchev–Trinajstić information content (AvgIpc) is 2.53. The summed E-state index contributed by atoms with van der Waals surface area (Å²) >= 11 is 0. The summed E-state index contributed by atoms with van der Waals surface area (Å²) in [7, 11) is 0. The molecule has 114 valence electrons. The first-order chi connectivity index (χ1) is 10.6. The van der Waals surface area contributed by atoms with Crippen molar-refractivity contribution in [2.75, 3.05) is 17.2 Å². The summed E-state index contributed by atoms with van der Waals surface area (Å²) < 4.78 is 0. The van der Waals surface area contributed by atoms with Crippen molar-refractivity contribution in [1.29, 1.82) is 0 Å². The summed E-state index contributed by atoms with van der Waals surface area (Å²) in [6.07, 6.45) is 0.930. The van der Waals surface area contributed by atoms with E-state index in [1.807, 2.05) is 30.3 Å². The van der Waals surface area contributed by atoms with Crippen LogP contribution in [-0.2, 0) is 11.2 Å². The quantitative estimate of drug-likeness (QED) is 0.802. The minimum absolute atomic E-state index is 0.00415. The average molecular weight is 296 g/mol. The molecule has 2 N–H and O–H groups in total. The summed E-state index contributed by atoms with van der Waals surface area (Å²) in [6, 6.07) is 14.9. The molecule has 0 radical (unpaired) electrons. The van der Waals surface area contributed by atoms with Crippen molar-refractivity contribution in [2.24, 2.45) is 0 Å². The second-order valence-electron chi connectivity index (χ2n) is 5.09. The smallest absolute Gasteiger partial charge is 0.243 e. The molecule has 0 atom stereocenters. The van der Waals surface area contributed by atoms with Crippen molar-refractivity contribution in [3.63, 3.8) is 0 Å². The van der Waals surface area contributed by atoms with Crippen molar-refractivity contribution in [3.8, 4) is 0 Å². The van der Waals surface area contributed by atoms with Gasteiger partial charge in [-0.3, -0.25) is 9.59 Å². The van der Waals surface area contributed by atoms with Gasteiger partial charge in [0.15, 0.2) is 5.78 Å². The highest BCUT2D eigenvalue weighted by molar-refractivity contribution is 5.96. The SMILES string of the molecule is CCc1cccc(NC(=O)CNc2cccc(C(C)=O)c2)c1. The lowest BCUT2D eigenvalue weighted by Gasteiger charge is -2.09. The molecule has 0 aromatic heterocycles. The normalized spacial score (nSPS) is 10.1. The number of aryl methyl sites for hydroxylation is 1. The largest absolute Gasteiger partial charge is 0.376 e. The fourth-order valence-corrected chi connectivity index (χ4v) is 2.10. The van der Waals surface area contributed by atoms with Gasteiger partial charge in [-0.1, -0.05) is 31.2 Å². The Labute approximate surface area is 130 Å². The maximum Gasteiger partial charge on any atom is 0.243 e. The van der Waals surface area contributed by atoms with E-state index in [0.717, 1.165) is 17.8 Å². The topological polar surface area (TPSA) is 58.2 Å². The number of ketones is 1. The van der Waals surface area contributed by atoms with E-state index < -0.39 is 0 Å². The van der Waals surface area contributed by atoms with Crippen molar-refractivity contribution in [1.82, 2.24) is 0 Å². The first-order valence-electron chi connectivity index (χ1n) is 7.32. The van der Waals surface area contributed by atoms with E-state index in [4.69, 9.17) is 0 Å². The van der Waals surface area contributed by atoms with Crippen LogP contribution in [0.15, 0.2) is 48.5 Å².